The number of rotatable bonds is 4. The molecule has 0 saturated heterocycles. The van der Waals surface area contributed by atoms with Crippen LogP contribution in [0.2, 0.25) is 5.02 Å². The monoisotopic (exact) mass is 427 g/mol. The maximum Gasteiger partial charge on any atom is 0.260 e. The third-order valence-electron chi connectivity index (χ3n) is 5.17. The van der Waals surface area contributed by atoms with Gasteiger partial charge in [0.1, 0.15) is 12.1 Å². The van der Waals surface area contributed by atoms with Gasteiger partial charge in [-0.1, -0.05) is 54.1 Å². The van der Waals surface area contributed by atoms with Gasteiger partial charge in [-0.3, -0.25) is 4.79 Å². The van der Waals surface area contributed by atoms with E-state index in [1.165, 1.54) is 0 Å². The van der Waals surface area contributed by atoms with E-state index >= 15 is 0 Å². The SMILES string of the molecule is C/C(=N\NC(=O)Cn1c2ccccc2c2nc3ccccc3nc21)c1ccc(Cl)cc1. The largest absolute Gasteiger partial charge is 0.314 e. The minimum absolute atomic E-state index is 0.0778. The van der Waals surface area contributed by atoms with Gasteiger partial charge in [-0.25, -0.2) is 15.4 Å². The van der Waals surface area contributed by atoms with E-state index in [1.54, 1.807) is 12.1 Å². The molecule has 5 aromatic rings. The van der Waals surface area contributed by atoms with Gasteiger partial charge in [0.05, 0.1) is 22.3 Å². The summed E-state index contributed by atoms with van der Waals surface area (Å²) in [6.07, 6.45) is 0. The van der Waals surface area contributed by atoms with Crippen LogP contribution in [0.4, 0.5) is 0 Å². The fraction of sp³-hybridized carbons (Fsp3) is 0.0833. The lowest BCUT2D eigenvalue weighted by molar-refractivity contribution is -0.121. The van der Waals surface area contributed by atoms with Crippen molar-refractivity contribution in [1.82, 2.24) is 20.0 Å². The lowest BCUT2D eigenvalue weighted by Crippen LogP contribution is -2.24. The van der Waals surface area contributed by atoms with E-state index in [9.17, 15) is 4.79 Å². The Hall–Kier alpha value is -3.77. The van der Waals surface area contributed by atoms with Gasteiger partial charge in [0.25, 0.3) is 5.91 Å². The number of nitrogens with one attached hydrogen (secondary N) is 1. The summed E-state index contributed by atoms with van der Waals surface area (Å²) in [6.45, 7) is 1.91. The molecule has 0 radical (unpaired) electrons. The van der Waals surface area contributed by atoms with Gasteiger partial charge in [-0.15, -0.1) is 0 Å². The van der Waals surface area contributed by atoms with Gasteiger partial charge >= 0.3 is 0 Å². The molecule has 31 heavy (non-hydrogen) atoms. The van der Waals surface area contributed by atoms with Crippen LogP contribution in [0.1, 0.15) is 12.5 Å². The predicted molar refractivity (Wildman–Crippen MR) is 124 cm³/mol. The van der Waals surface area contributed by atoms with Crippen molar-refractivity contribution in [3.05, 3.63) is 83.4 Å². The summed E-state index contributed by atoms with van der Waals surface area (Å²) in [4.78, 5) is 22.3. The van der Waals surface area contributed by atoms with Crippen LogP contribution in [0, 0.1) is 0 Å². The molecule has 7 heteroatoms. The van der Waals surface area contributed by atoms with Crippen molar-refractivity contribution in [2.24, 2.45) is 5.10 Å². The highest BCUT2D eigenvalue weighted by Crippen LogP contribution is 2.28. The minimum Gasteiger partial charge on any atom is -0.314 e. The van der Waals surface area contributed by atoms with Crippen molar-refractivity contribution in [1.29, 1.82) is 0 Å². The molecule has 0 aliphatic carbocycles. The molecule has 0 saturated carbocycles. The average molecular weight is 428 g/mol. The molecule has 0 aliphatic heterocycles. The van der Waals surface area contributed by atoms with Crippen LogP contribution in [-0.2, 0) is 11.3 Å². The van der Waals surface area contributed by atoms with Gasteiger partial charge < -0.3 is 4.57 Å². The van der Waals surface area contributed by atoms with Crippen LogP contribution in [0.25, 0.3) is 33.1 Å². The third-order valence-corrected chi connectivity index (χ3v) is 5.42. The number of para-hydroxylation sites is 3. The first-order chi connectivity index (χ1) is 15.1. The number of hydrazone groups is 1. The van der Waals surface area contributed by atoms with Gasteiger partial charge in [0.2, 0.25) is 0 Å². The summed E-state index contributed by atoms with van der Waals surface area (Å²) in [5, 5.41) is 5.85. The zero-order chi connectivity index (χ0) is 21.4. The number of amides is 1. The van der Waals surface area contributed by atoms with Gasteiger partial charge in [-0.2, -0.15) is 5.10 Å². The molecule has 5 rings (SSSR count). The number of halogens is 1. The van der Waals surface area contributed by atoms with E-state index < -0.39 is 0 Å². The van der Waals surface area contributed by atoms with E-state index in [-0.39, 0.29) is 12.5 Å². The molecule has 6 nitrogen and oxygen atoms in total. The summed E-state index contributed by atoms with van der Waals surface area (Å²) >= 11 is 5.93. The number of fused-ring (bicyclic) bond motifs is 4. The molecule has 3 aromatic carbocycles. The molecule has 0 atom stereocenters. The fourth-order valence-electron chi connectivity index (χ4n) is 3.62. The molecule has 2 aromatic heterocycles. The molecule has 0 fully saturated rings. The second-order valence-electron chi connectivity index (χ2n) is 7.23. The number of carbonyl (C=O) groups is 1. The predicted octanol–water partition coefficient (Wildman–Crippen LogP) is 4.93. The number of hydrogen-bond donors (Lipinski definition) is 1. The van der Waals surface area contributed by atoms with Crippen molar-refractivity contribution in [2.45, 2.75) is 13.5 Å². The molecular formula is C24H18ClN5O. The second-order valence-corrected chi connectivity index (χ2v) is 7.66. The normalized spacial score (nSPS) is 12.0. The Kier molecular flexibility index (Phi) is 4.84. The average Bonchev–Trinajstić information content (AvgIpc) is 3.09. The third kappa shape index (κ3) is 3.62. The Morgan fingerprint density at radius 3 is 2.42 bits per heavy atom. The number of benzene rings is 3. The van der Waals surface area contributed by atoms with Gasteiger partial charge in [0.15, 0.2) is 5.65 Å². The van der Waals surface area contributed by atoms with E-state index in [1.807, 2.05) is 72.2 Å². The number of aromatic nitrogens is 3. The molecule has 0 bridgehead atoms. The highest BCUT2D eigenvalue weighted by Gasteiger charge is 2.16. The molecule has 152 valence electrons. The summed E-state index contributed by atoms with van der Waals surface area (Å²) in [7, 11) is 0. The molecule has 0 aliphatic rings. The fourth-order valence-corrected chi connectivity index (χ4v) is 3.75. The number of nitrogens with zero attached hydrogens (tertiary/aromatic N) is 4. The molecule has 1 N–H and O–H groups in total. The van der Waals surface area contributed by atoms with E-state index in [4.69, 9.17) is 21.6 Å². The highest BCUT2D eigenvalue weighted by atomic mass is 35.5. The summed E-state index contributed by atoms with van der Waals surface area (Å²) in [5.74, 6) is -0.245. The smallest absolute Gasteiger partial charge is 0.260 e. The zero-order valence-corrected chi connectivity index (χ0v) is 17.5. The van der Waals surface area contributed by atoms with Crippen LogP contribution < -0.4 is 5.43 Å². The molecular weight excluding hydrogens is 410 g/mol. The maximum absolute atomic E-state index is 12.7. The van der Waals surface area contributed by atoms with E-state index in [0.29, 0.717) is 16.4 Å². The van der Waals surface area contributed by atoms with Crippen LogP contribution in [-0.4, -0.2) is 26.2 Å². The van der Waals surface area contributed by atoms with Crippen molar-refractivity contribution in [2.75, 3.05) is 0 Å². The van der Waals surface area contributed by atoms with E-state index in [0.717, 1.165) is 33.0 Å². The second kappa shape index (κ2) is 7.81. The van der Waals surface area contributed by atoms with Gasteiger partial charge in [-0.05, 0) is 42.8 Å². The van der Waals surface area contributed by atoms with Crippen molar-refractivity contribution < 1.29 is 4.79 Å². The summed E-state index contributed by atoms with van der Waals surface area (Å²) in [5.41, 5.74) is 8.20. The molecule has 2 heterocycles. The molecule has 0 spiro atoms. The lowest BCUT2D eigenvalue weighted by Gasteiger charge is -2.07. The van der Waals surface area contributed by atoms with E-state index in [2.05, 4.69) is 10.5 Å². The zero-order valence-electron chi connectivity index (χ0n) is 16.7. The maximum atomic E-state index is 12.7. The first kappa shape index (κ1) is 19.2. The standard InChI is InChI=1S/C24H18ClN5O/c1-15(16-10-12-17(25)13-11-16)28-29-22(31)14-30-21-9-5-2-6-18(21)23-24(30)27-20-8-4-3-7-19(20)26-23/h2-13H,14H2,1H3,(H,29,31)/b28-15+. The minimum atomic E-state index is -0.245. The van der Waals surface area contributed by atoms with Crippen molar-refractivity contribution in [3.8, 4) is 0 Å². The van der Waals surface area contributed by atoms with Crippen LogP contribution in [0.5, 0.6) is 0 Å². The lowest BCUT2D eigenvalue weighted by atomic mass is 10.1. The molecule has 0 unspecified atom stereocenters. The van der Waals surface area contributed by atoms with Crippen LogP contribution >= 0.6 is 11.6 Å². The van der Waals surface area contributed by atoms with Crippen molar-refractivity contribution in [3.63, 3.8) is 0 Å². The van der Waals surface area contributed by atoms with Gasteiger partial charge in [0, 0.05) is 10.4 Å². The Morgan fingerprint density at radius 1 is 0.968 bits per heavy atom. The van der Waals surface area contributed by atoms with Crippen molar-refractivity contribution >= 4 is 56.3 Å². The highest BCUT2D eigenvalue weighted by molar-refractivity contribution is 6.30. The Morgan fingerprint density at radius 2 is 1.65 bits per heavy atom. The van der Waals surface area contributed by atoms with Crippen LogP contribution in [0.15, 0.2) is 77.9 Å². The number of hydrogen-bond acceptors (Lipinski definition) is 4. The molecule has 1 amide bonds. The number of carbonyl (C=O) groups excluding carboxylic acids is 1. The topological polar surface area (TPSA) is 72.2 Å². The van der Waals surface area contributed by atoms with Crippen LogP contribution in [0.3, 0.4) is 0 Å². The Balaban J connectivity index is 1.50. The first-order valence-corrected chi connectivity index (χ1v) is 10.2. The Bertz CT molecular complexity index is 1470. The first-order valence-electron chi connectivity index (χ1n) is 9.83. The quantitative estimate of drug-likeness (QED) is 0.326. The summed E-state index contributed by atoms with van der Waals surface area (Å²) < 4.78 is 1.88. The Labute approximate surface area is 183 Å². The summed E-state index contributed by atoms with van der Waals surface area (Å²) in [6, 6.07) is 22.9.